The van der Waals surface area contributed by atoms with Gasteiger partial charge in [0.2, 0.25) is 15.8 Å². The lowest BCUT2D eigenvalue weighted by molar-refractivity contribution is -0.386. The summed E-state index contributed by atoms with van der Waals surface area (Å²) < 4.78 is 38.8. The van der Waals surface area contributed by atoms with Gasteiger partial charge in [0.1, 0.15) is 17.6 Å². The molecule has 1 aromatic rings. The summed E-state index contributed by atoms with van der Waals surface area (Å²) in [4.78, 5) is 9.82. The van der Waals surface area contributed by atoms with Crippen LogP contribution < -0.4 is 9.88 Å². The van der Waals surface area contributed by atoms with Crippen molar-refractivity contribution < 1.29 is 27.6 Å². The molecule has 0 amide bonds. The van der Waals surface area contributed by atoms with Gasteiger partial charge in [-0.25, -0.2) is 13.6 Å². The summed E-state index contributed by atoms with van der Waals surface area (Å²) in [5.74, 6) is -0.390. The summed E-state index contributed by atoms with van der Waals surface area (Å²) in [6.45, 7) is 1.04. The summed E-state index contributed by atoms with van der Waals surface area (Å²) in [5, 5.41) is 16.0. The Balaban J connectivity index is 2.28. The standard InChI is InChI=1S/C11H14N2O7S/c12-21(16,17)10-3-1-2-9(13(14)15)11(10)20-7-8-6-18-4-5-19-8/h1-3,8H,4-7H2,(H2,12,16,17)/t8-/m1/s1. The number of hydrogen-bond acceptors (Lipinski definition) is 7. The Labute approximate surface area is 120 Å². The molecule has 0 spiro atoms. The highest BCUT2D eigenvalue weighted by Crippen LogP contribution is 2.33. The first-order chi connectivity index (χ1) is 9.89. The summed E-state index contributed by atoms with van der Waals surface area (Å²) in [6, 6.07) is 3.52. The van der Waals surface area contributed by atoms with Crippen LogP contribution in [0.1, 0.15) is 0 Å². The van der Waals surface area contributed by atoms with Crippen LogP contribution in [0.4, 0.5) is 5.69 Å². The van der Waals surface area contributed by atoms with Crippen molar-refractivity contribution in [2.24, 2.45) is 5.14 Å². The van der Waals surface area contributed by atoms with Gasteiger partial charge in [-0.15, -0.1) is 0 Å². The van der Waals surface area contributed by atoms with Gasteiger partial charge in [-0.05, 0) is 6.07 Å². The lowest BCUT2D eigenvalue weighted by Crippen LogP contribution is -2.33. The van der Waals surface area contributed by atoms with E-state index in [-0.39, 0.29) is 19.0 Å². The summed E-state index contributed by atoms with van der Waals surface area (Å²) in [6.07, 6.45) is -0.424. The number of benzene rings is 1. The van der Waals surface area contributed by atoms with E-state index in [2.05, 4.69) is 0 Å². The first-order valence-electron chi connectivity index (χ1n) is 6.02. The fourth-order valence-corrected chi connectivity index (χ4v) is 2.52. The molecule has 1 aliphatic heterocycles. The zero-order valence-corrected chi connectivity index (χ0v) is 11.7. The first-order valence-corrected chi connectivity index (χ1v) is 7.56. The largest absolute Gasteiger partial charge is 0.483 e. The first kappa shape index (κ1) is 15.6. The third-order valence-electron chi connectivity index (χ3n) is 2.76. The van der Waals surface area contributed by atoms with Crippen molar-refractivity contribution in [2.75, 3.05) is 26.4 Å². The van der Waals surface area contributed by atoms with Crippen LogP contribution in [0, 0.1) is 10.1 Å². The molecule has 0 aromatic heterocycles. The van der Waals surface area contributed by atoms with E-state index in [0.717, 1.165) is 12.1 Å². The van der Waals surface area contributed by atoms with Crippen molar-refractivity contribution in [3.8, 4) is 5.75 Å². The highest BCUT2D eigenvalue weighted by Gasteiger charge is 2.26. The number of primary sulfonamides is 1. The molecule has 21 heavy (non-hydrogen) atoms. The molecular formula is C11H14N2O7S. The smallest absolute Gasteiger partial charge is 0.312 e. The van der Waals surface area contributed by atoms with Crippen molar-refractivity contribution in [1.82, 2.24) is 0 Å². The molecule has 1 fully saturated rings. The Hall–Kier alpha value is -1.75. The molecule has 2 rings (SSSR count). The van der Waals surface area contributed by atoms with Crippen LogP contribution in [0.25, 0.3) is 0 Å². The number of nitro groups is 1. The van der Waals surface area contributed by atoms with Crippen molar-refractivity contribution in [3.63, 3.8) is 0 Å². The molecule has 2 N–H and O–H groups in total. The molecule has 1 aromatic carbocycles. The second kappa shape index (κ2) is 6.35. The maximum atomic E-state index is 11.5. The molecular weight excluding hydrogens is 304 g/mol. The van der Waals surface area contributed by atoms with Gasteiger partial charge in [-0.3, -0.25) is 10.1 Å². The predicted octanol–water partition coefficient (Wildman–Crippen LogP) is 0.0364. The third kappa shape index (κ3) is 3.88. The Bertz CT molecular complexity index is 625. The van der Waals surface area contributed by atoms with Crippen LogP contribution in [-0.2, 0) is 19.5 Å². The molecule has 9 nitrogen and oxygen atoms in total. The highest BCUT2D eigenvalue weighted by molar-refractivity contribution is 7.89. The third-order valence-corrected chi connectivity index (χ3v) is 3.69. The molecule has 1 atom stereocenters. The second-order valence-electron chi connectivity index (χ2n) is 4.29. The highest BCUT2D eigenvalue weighted by atomic mass is 32.2. The summed E-state index contributed by atoms with van der Waals surface area (Å²) in [5.41, 5.74) is -0.474. The number of para-hydroxylation sites is 1. The van der Waals surface area contributed by atoms with Crippen molar-refractivity contribution in [3.05, 3.63) is 28.3 Å². The van der Waals surface area contributed by atoms with Crippen LogP contribution in [0.2, 0.25) is 0 Å². The maximum absolute atomic E-state index is 11.5. The summed E-state index contributed by atoms with van der Waals surface area (Å²) in [7, 11) is -4.14. The summed E-state index contributed by atoms with van der Waals surface area (Å²) >= 11 is 0. The van der Waals surface area contributed by atoms with Crippen LogP contribution in [0.5, 0.6) is 5.75 Å². The Morgan fingerprint density at radius 1 is 1.43 bits per heavy atom. The molecule has 10 heteroatoms. The van der Waals surface area contributed by atoms with E-state index in [0.29, 0.717) is 13.2 Å². The van der Waals surface area contributed by atoms with Crippen molar-refractivity contribution in [2.45, 2.75) is 11.0 Å². The fourth-order valence-electron chi connectivity index (χ4n) is 1.83. The van der Waals surface area contributed by atoms with Gasteiger partial charge in [0.15, 0.2) is 0 Å². The average Bonchev–Trinajstić information content (AvgIpc) is 2.44. The SMILES string of the molecule is NS(=O)(=O)c1cccc([N+](=O)[O-])c1OC[C@H]1COCCO1. The molecule has 1 heterocycles. The van der Waals surface area contributed by atoms with E-state index < -0.39 is 31.6 Å². The molecule has 0 aliphatic carbocycles. The van der Waals surface area contributed by atoms with E-state index >= 15 is 0 Å². The number of hydrogen-bond donors (Lipinski definition) is 1. The fraction of sp³-hybridized carbons (Fsp3) is 0.455. The van der Waals surface area contributed by atoms with E-state index in [1.807, 2.05) is 0 Å². The molecule has 0 unspecified atom stereocenters. The second-order valence-corrected chi connectivity index (χ2v) is 5.82. The van der Waals surface area contributed by atoms with E-state index in [1.54, 1.807) is 0 Å². The van der Waals surface area contributed by atoms with E-state index in [1.165, 1.54) is 6.07 Å². The van der Waals surface area contributed by atoms with Crippen LogP contribution in [-0.4, -0.2) is 45.9 Å². The van der Waals surface area contributed by atoms with Crippen LogP contribution >= 0.6 is 0 Å². The minimum absolute atomic E-state index is 0.0760. The molecule has 116 valence electrons. The van der Waals surface area contributed by atoms with Crippen LogP contribution in [0.3, 0.4) is 0 Å². The van der Waals surface area contributed by atoms with Crippen molar-refractivity contribution in [1.29, 1.82) is 0 Å². The molecule has 0 radical (unpaired) electrons. The molecule has 0 saturated carbocycles. The van der Waals surface area contributed by atoms with Crippen LogP contribution in [0.15, 0.2) is 23.1 Å². The average molecular weight is 318 g/mol. The molecule has 1 saturated heterocycles. The van der Waals surface area contributed by atoms with Gasteiger partial charge in [-0.2, -0.15) is 0 Å². The minimum atomic E-state index is -4.14. The number of nitrogens with zero attached hydrogens (tertiary/aromatic N) is 1. The Kier molecular flexibility index (Phi) is 4.73. The monoisotopic (exact) mass is 318 g/mol. The number of nitrogens with two attached hydrogens (primary N) is 1. The predicted molar refractivity (Wildman–Crippen MR) is 70.5 cm³/mol. The number of rotatable bonds is 5. The lowest BCUT2D eigenvalue weighted by Gasteiger charge is -2.23. The Morgan fingerprint density at radius 3 is 2.76 bits per heavy atom. The van der Waals surface area contributed by atoms with Gasteiger partial charge < -0.3 is 14.2 Å². The zero-order valence-electron chi connectivity index (χ0n) is 10.9. The van der Waals surface area contributed by atoms with E-state index in [9.17, 15) is 18.5 Å². The minimum Gasteiger partial charge on any atom is -0.483 e. The number of sulfonamides is 1. The zero-order chi connectivity index (χ0) is 15.5. The maximum Gasteiger partial charge on any atom is 0.312 e. The molecule has 0 bridgehead atoms. The van der Waals surface area contributed by atoms with Gasteiger partial charge in [0.05, 0.1) is 24.7 Å². The quantitative estimate of drug-likeness (QED) is 0.598. The van der Waals surface area contributed by atoms with Gasteiger partial charge in [-0.1, -0.05) is 6.07 Å². The van der Waals surface area contributed by atoms with Gasteiger partial charge in [0.25, 0.3) is 0 Å². The lowest BCUT2D eigenvalue weighted by atomic mass is 10.3. The number of nitro benzene ring substituents is 1. The van der Waals surface area contributed by atoms with E-state index in [4.69, 9.17) is 19.3 Å². The van der Waals surface area contributed by atoms with Crippen molar-refractivity contribution >= 4 is 15.7 Å². The van der Waals surface area contributed by atoms with Gasteiger partial charge in [0, 0.05) is 6.07 Å². The Morgan fingerprint density at radius 2 is 2.19 bits per heavy atom. The normalized spacial score (nSPS) is 19.2. The number of ether oxygens (including phenoxy) is 3. The van der Waals surface area contributed by atoms with Gasteiger partial charge >= 0.3 is 5.69 Å². The molecule has 1 aliphatic rings. The topological polar surface area (TPSA) is 131 Å².